The third kappa shape index (κ3) is 20.6. The number of Topliss-reactive ketones (excluding diaryl/α,β-unsaturated/α-hetero) is 1. The van der Waals surface area contributed by atoms with Crippen molar-refractivity contribution in [3.05, 3.63) is 143 Å². The number of halogens is 12. The summed E-state index contributed by atoms with van der Waals surface area (Å²) in [6.07, 6.45) is -1.01. The summed E-state index contributed by atoms with van der Waals surface area (Å²) >= 11 is 0. The van der Waals surface area contributed by atoms with E-state index in [1.54, 1.807) is 0 Å². The van der Waals surface area contributed by atoms with Crippen molar-refractivity contribution in [3.63, 3.8) is 0 Å². The zero-order valence-electron chi connectivity index (χ0n) is 68.1. The first-order valence-electron chi connectivity index (χ1n) is 39.5. The molecule has 0 radical (unpaired) electrons. The highest BCUT2D eigenvalue weighted by molar-refractivity contribution is 7.78. The van der Waals surface area contributed by atoms with Crippen molar-refractivity contribution in [1.29, 1.82) is 0 Å². The number of carbonyl (C=O) groups is 1. The molecule has 11 rings (SSSR count). The third-order valence-electron chi connectivity index (χ3n) is 25.6. The Morgan fingerprint density at radius 2 is 1.05 bits per heavy atom. The molecule has 3 unspecified atom stereocenters. The zero-order chi connectivity index (χ0) is 83.8. The molecule has 3 N–H and O–H groups in total. The van der Waals surface area contributed by atoms with Gasteiger partial charge in [-0.3, -0.25) is 4.79 Å². The van der Waals surface area contributed by atoms with Gasteiger partial charge in [0.15, 0.2) is 25.0 Å². The Bertz CT molecular complexity index is 3960. The maximum absolute atomic E-state index is 14.7. The van der Waals surface area contributed by atoms with Gasteiger partial charge in [-0.2, -0.15) is 52.7 Å². The van der Waals surface area contributed by atoms with Crippen molar-refractivity contribution in [1.82, 2.24) is 0 Å². The zero-order valence-corrected chi connectivity index (χ0v) is 72.0. The van der Waals surface area contributed by atoms with Crippen molar-refractivity contribution in [3.8, 4) is 23.7 Å². The summed E-state index contributed by atoms with van der Waals surface area (Å²) in [5, 5.41) is 31.5. The molecule has 0 amide bonds. The normalized spacial score (nSPS) is 27.5. The minimum Gasteiger partial charge on any atom is -0.413 e. The Labute approximate surface area is 660 Å². The van der Waals surface area contributed by atoms with Gasteiger partial charge in [-0.1, -0.05) is 188 Å². The molecular formula is C87H119F12O9PSi3. The molecular weight excluding hydrogens is 1530 g/mol. The summed E-state index contributed by atoms with van der Waals surface area (Å²) in [5.41, 5.74) is -4.48. The Morgan fingerprint density at radius 1 is 0.589 bits per heavy atom. The molecule has 0 aromatic heterocycles. The second-order valence-electron chi connectivity index (χ2n) is 37.0. The van der Waals surface area contributed by atoms with Crippen LogP contribution in [0.1, 0.15) is 184 Å². The van der Waals surface area contributed by atoms with Crippen molar-refractivity contribution in [2.24, 2.45) is 33.5 Å². The number of carbonyl (C=O) groups excluding carboxylic acids is 1. The van der Waals surface area contributed by atoms with Crippen molar-refractivity contribution >= 4 is 48.5 Å². The van der Waals surface area contributed by atoms with E-state index < -0.39 is 91.0 Å². The number of alkyl halides is 12. The molecule has 8 atom stereocenters. The van der Waals surface area contributed by atoms with Gasteiger partial charge in [0.1, 0.15) is 12.9 Å². The van der Waals surface area contributed by atoms with E-state index in [-0.39, 0.29) is 70.0 Å². The predicted molar refractivity (Wildman–Crippen MR) is 428 cm³/mol. The second kappa shape index (κ2) is 34.2. The van der Waals surface area contributed by atoms with Gasteiger partial charge in [0, 0.05) is 78.8 Å². The fraction of sp³-hybridized carbons (Fsp3) is 0.644. The first-order valence-corrected chi connectivity index (χ1v) is 50.6. The molecule has 9 aliphatic rings. The first-order chi connectivity index (χ1) is 51.4. The molecule has 8 aliphatic carbocycles. The van der Waals surface area contributed by atoms with Gasteiger partial charge in [-0.05, 0) is 203 Å². The van der Waals surface area contributed by atoms with Crippen molar-refractivity contribution in [2.75, 3.05) is 19.4 Å². The van der Waals surface area contributed by atoms with Crippen molar-refractivity contribution in [2.45, 2.75) is 300 Å². The molecule has 622 valence electrons. The van der Waals surface area contributed by atoms with Gasteiger partial charge in [-0.25, -0.2) is 0 Å². The van der Waals surface area contributed by atoms with Crippen LogP contribution >= 0.6 is 7.14 Å². The monoisotopic (exact) mass is 1650 g/mol. The van der Waals surface area contributed by atoms with E-state index in [1.807, 2.05) is 85.8 Å². The number of hydrogen-bond acceptors (Lipinski definition) is 9. The number of ether oxygens (including phenoxy) is 1. The summed E-state index contributed by atoms with van der Waals surface area (Å²) in [7, 11) is -10.2. The lowest BCUT2D eigenvalue weighted by molar-refractivity contribution is -0.343. The number of aliphatic hydroxyl groups excluding tert-OH is 2. The van der Waals surface area contributed by atoms with E-state index in [4.69, 9.17) is 18.0 Å². The molecule has 2 aromatic rings. The van der Waals surface area contributed by atoms with Crippen LogP contribution in [0.3, 0.4) is 0 Å². The minimum absolute atomic E-state index is 0.0604. The molecule has 0 bridgehead atoms. The largest absolute Gasteiger partial charge is 0.438 e. The number of aliphatic hydroxyl groups is 3. The average molecular weight is 1650 g/mol. The molecule has 1 saturated heterocycles. The van der Waals surface area contributed by atoms with Crippen LogP contribution in [0, 0.1) is 57.2 Å². The highest BCUT2D eigenvalue weighted by atomic mass is 31.2. The Hall–Kier alpha value is -4.83. The first kappa shape index (κ1) is 92.7. The summed E-state index contributed by atoms with van der Waals surface area (Å²) < 4.78 is 199. The van der Waals surface area contributed by atoms with Gasteiger partial charge >= 0.3 is 35.9 Å². The minimum atomic E-state index is -5.95. The lowest BCUT2D eigenvalue weighted by atomic mass is 9.61. The maximum atomic E-state index is 14.7. The van der Waals surface area contributed by atoms with Crippen LogP contribution < -0.4 is 10.6 Å². The quantitative estimate of drug-likeness (QED) is 0.0524. The van der Waals surface area contributed by atoms with E-state index in [0.29, 0.717) is 56.7 Å². The van der Waals surface area contributed by atoms with Crippen LogP contribution in [0.2, 0.25) is 55.9 Å². The van der Waals surface area contributed by atoms with E-state index >= 15 is 0 Å². The summed E-state index contributed by atoms with van der Waals surface area (Å²) in [6.45, 7) is 41.4. The number of allylic oxidation sites excluding steroid dienone is 8. The molecule has 1 heterocycles. The standard InChI is InChI=1S/C33H51O3PSi2.C28H32F6O3.C22H28F6O2Si.C4H8O/c1-26-27(22-23-37(34,29-18-14-12-15-19-29)30-20-16-13-17-21-30)24-28(35-38(8,9)32(2,3)4)25-31(26)36-39(10,11)33(5,6)7;1-17-19(15-20(35)16-22(17)36)7-6-18-5-3-10-24(2)21(18)8-9-23(24)25(13-14-25)11-4-12-26(37,27(29,30)31)28(32,33)34;1-18-10-5-7-16(29)15(18)8-9-17(18)19(13-14-19)11-6-12-20(21(23,24)25,22(26,27)28)30-31(2,3)4;1-2-4-5-3-1/h12-22,28,31H,1,23-25H2,2-11H3;6-7,9,20-22,35-37H,1,3,5,8,10-11,13-16H2,2H3;9,15H,5,7-8,10-11,13-14H2,1-4H3;1-4H2/b27-22-;18-6+,19-7-;;/t28-,31+;20?,21?,22-,24-;15?,18-;/m100./s1. The van der Waals surface area contributed by atoms with Gasteiger partial charge in [0.25, 0.3) is 0 Å². The SMILES string of the molecule is C1CCOC1.C=C1/C(=C\C=C2/CCC[C@]3(C)C(C4(CC#CC(O)(C(F)(F)F)C(F)(F)F)CC4)=CCC23)CC(O)C[C@@H]1O.C=C1/C(=C\CP(=O)(c2ccccc2)c2ccccc2)C[C@@H](O[Si](C)(C)C(C)(C)C)C[C@@H]1O[Si](C)(C)C(C)(C)C.C[C@]12CCCC(=O)C1CC=C2C1(CC#CC(O[Si](C)(C)C)(C(F)(F)F)C(F)(F)F)CC1. The van der Waals surface area contributed by atoms with E-state index in [2.05, 4.69) is 112 Å². The Morgan fingerprint density at radius 3 is 1.50 bits per heavy atom. The third-order valence-corrected chi connectivity index (χ3v) is 38.5. The fourth-order valence-corrected chi connectivity index (χ4v) is 23.1. The average Bonchev–Trinajstić information content (AvgIpc) is 1.75. The molecule has 0 spiro atoms. The molecule has 7 fully saturated rings. The maximum Gasteiger partial charge on any atom is 0.438 e. The predicted octanol–water partition coefficient (Wildman–Crippen LogP) is 22.5. The molecule has 1 aliphatic heterocycles. The second-order valence-corrected chi connectivity index (χ2v) is 53.8. The van der Waals surface area contributed by atoms with Gasteiger partial charge in [0.05, 0.1) is 24.4 Å². The molecule has 2 aromatic carbocycles. The van der Waals surface area contributed by atoms with Crippen LogP contribution in [0.25, 0.3) is 0 Å². The van der Waals surface area contributed by atoms with Crippen molar-refractivity contribution < 1.29 is 95.4 Å². The van der Waals surface area contributed by atoms with Crippen LogP contribution in [0.5, 0.6) is 0 Å². The summed E-state index contributed by atoms with van der Waals surface area (Å²) in [6, 6.07) is 19.8. The lowest BCUT2D eigenvalue weighted by Crippen LogP contribution is -2.61. The van der Waals surface area contributed by atoms with E-state index in [1.165, 1.54) is 44.0 Å². The molecule has 25 heteroatoms. The molecule has 112 heavy (non-hydrogen) atoms. The lowest BCUT2D eigenvalue weighted by Gasteiger charge is -2.45. The Balaban J connectivity index is 0.000000205. The van der Waals surface area contributed by atoms with Gasteiger partial charge in [0.2, 0.25) is 0 Å². The molecule has 9 nitrogen and oxygen atoms in total. The summed E-state index contributed by atoms with van der Waals surface area (Å²) in [5.74, 6) is 7.13. The number of rotatable bonds is 15. The number of benzene rings is 2. The smallest absolute Gasteiger partial charge is 0.413 e. The number of fused-ring (bicyclic) bond motifs is 2. The number of ketones is 1. The van der Waals surface area contributed by atoms with Crippen LogP contribution in [-0.4, -0.2) is 126 Å². The van der Waals surface area contributed by atoms with Crippen LogP contribution in [0.4, 0.5) is 52.7 Å². The summed E-state index contributed by atoms with van der Waals surface area (Å²) in [4.78, 5) is 12.3. The van der Waals surface area contributed by atoms with E-state index in [0.717, 1.165) is 109 Å². The topological polar surface area (TPSA) is 132 Å². The fourth-order valence-electron chi connectivity index (χ4n) is 16.8. The highest BCUT2D eigenvalue weighted by Gasteiger charge is 2.74. The van der Waals surface area contributed by atoms with Gasteiger partial charge < -0.3 is 37.9 Å². The molecule has 6 saturated carbocycles. The number of hydrogen-bond donors (Lipinski definition) is 3. The van der Waals surface area contributed by atoms with E-state index in [9.17, 15) is 77.4 Å². The highest BCUT2D eigenvalue weighted by Crippen LogP contribution is 2.69. The van der Waals surface area contributed by atoms with Gasteiger partial charge in [-0.15, -0.1) is 0 Å². The van der Waals surface area contributed by atoms with Crippen LogP contribution in [-0.2, 0) is 27.4 Å². The van der Waals surface area contributed by atoms with Crippen LogP contribution in [0.15, 0.2) is 143 Å². The Kier molecular flexibility index (Phi) is 28.3.